The Balaban J connectivity index is 3.24. The van der Waals surface area contributed by atoms with Gasteiger partial charge in [-0.05, 0) is 76.0 Å². The fourth-order valence-electron chi connectivity index (χ4n) is 4.10. The molecule has 1 heterocycles. The summed E-state index contributed by atoms with van der Waals surface area (Å²) in [7, 11) is -9.61. The summed E-state index contributed by atoms with van der Waals surface area (Å²) in [6.07, 6.45) is 4.11. The molecule has 0 aromatic rings. The van der Waals surface area contributed by atoms with Crippen LogP contribution in [0.2, 0.25) is 50.4 Å². The van der Waals surface area contributed by atoms with E-state index in [0.29, 0.717) is 0 Å². The molecule has 0 aromatic heterocycles. The predicted octanol–water partition coefficient (Wildman–Crippen LogP) is -1.12. The lowest BCUT2D eigenvalue weighted by Gasteiger charge is -2.50. The predicted molar refractivity (Wildman–Crippen MR) is 120 cm³/mol. The van der Waals surface area contributed by atoms with Gasteiger partial charge in [0.25, 0.3) is 0 Å². The van der Waals surface area contributed by atoms with Crippen molar-refractivity contribution in [2.75, 3.05) is 26.2 Å². The van der Waals surface area contributed by atoms with Gasteiger partial charge >= 0.3 is 34.2 Å². The van der Waals surface area contributed by atoms with Gasteiger partial charge in [0.05, 0.1) is 26.2 Å². The first kappa shape index (κ1) is 26.6. The Kier molecular flexibility index (Phi) is 11.2. The summed E-state index contributed by atoms with van der Waals surface area (Å²) in [5, 5.41) is 0. The summed E-state index contributed by atoms with van der Waals surface area (Å²) in [6.45, 7) is 12.5. The number of quaternary nitrogens is 4. The average Bonchev–Trinajstić information content (AvgIpc) is 2.60. The molecule has 1 fully saturated rings. The second-order valence-electron chi connectivity index (χ2n) is 8.77. The lowest BCUT2D eigenvalue weighted by Crippen LogP contribution is -2.68. The number of hydrogen-bond acceptors (Lipinski definition) is 4. The van der Waals surface area contributed by atoms with Crippen LogP contribution in [-0.2, 0) is 16.5 Å². The molecule has 1 aliphatic rings. The Labute approximate surface area is 176 Å². The van der Waals surface area contributed by atoms with Crippen molar-refractivity contribution in [3.63, 3.8) is 0 Å². The second-order valence-corrected chi connectivity index (χ2v) is 23.1. The Morgan fingerprint density at radius 2 is 0.607 bits per heavy atom. The zero-order valence-electron chi connectivity index (χ0n) is 18.9. The largest absolute Gasteiger partial charge is 0.416 e. The molecule has 0 amide bonds. The first-order chi connectivity index (χ1) is 13.1. The molecule has 1 aliphatic heterocycles. The van der Waals surface area contributed by atoms with E-state index in [0.717, 1.165) is 76.0 Å². The summed E-state index contributed by atoms with van der Waals surface area (Å²) >= 11 is 0. The molecule has 1 saturated heterocycles. The first-order valence-corrected chi connectivity index (χ1v) is 21.1. The Hall–Kier alpha value is 0.548. The van der Waals surface area contributed by atoms with Crippen LogP contribution in [0.3, 0.4) is 0 Å². The highest BCUT2D eigenvalue weighted by atomic mass is 28.5. The van der Waals surface area contributed by atoms with Crippen molar-refractivity contribution in [3.05, 3.63) is 0 Å². The minimum Gasteiger partial charge on any atom is -0.416 e. The second kappa shape index (κ2) is 11.8. The zero-order chi connectivity index (χ0) is 21.3. The van der Waals surface area contributed by atoms with Crippen molar-refractivity contribution in [2.45, 2.75) is 76.0 Å². The molecule has 8 nitrogen and oxygen atoms in total. The zero-order valence-corrected chi connectivity index (χ0v) is 22.9. The van der Waals surface area contributed by atoms with Crippen molar-refractivity contribution in [3.8, 4) is 0 Å². The summed E-state index contributed by atoms with van der Waals surface area (Å²) < 4.78 is 27.8. The van der Waals surface area contributed by atoms with E-state index in [2.05, 4.69) is 49.1 Å². The summed E-state index contributed by atoms with van der Waals surface area (Å²) in [4.78, 5) is 0. The molecule has 1 rings (SSSR count). The van der Waals surface area contributed by atoms with E-state index in [1.54, 1.807) is 0 Å². The molecule has 12 N–H and O–H groups in total. The quantitative estimate of drug-likeness (QED) is 0.266. The van der Waals surface area contributed by atoms with Gasteiger partial charge in [0.15, 0.2) is 0 Å². The Bertz CT molecular complexity index is 376. The van der Waals surface area contributed by atoms with Crippen LogP contribution in [-0.4, -0.2) is 60.4 Å². The fraction of sp³-hybridized carbons (Fsp3) is 1.00. The average molecular weight is 473 g/mol. The molecule has 12 heteroatoms. The molecule has 0 unspecified atom stereocenters. The third-order valence-electron chi connectivity index (χ3n) is 5.25. The highest BCUT2D eigenvalue weighted by molar-refractivity contribution is 6.93. The van der Waals surface area contributed by atoms with Crippen molar-refractivity contribution < 1.29 is 39.4 Å². The van der Waals surface area contributed by atoms with E-state index in [-0.39, 0.29) is 0 Å². The van der Waals surface area contributed by atoms with Crippen LogP contribution in [0.1, 0.15) is 25.7 Å². The molecular weight excluding hydrogens is 425 g/mol. The normalized spacial score (nSPS) is 36.9. The molecule has 0 bridgehead atoms. The van der Waals surface area contributed by atoms with E-state index in [9.17, 15) is 0 Å². The SMILES string of the molecule is C[Si]1(CCC[NH3+])O[Si](C)(CCC[NH3+])O[Si](C)(CCC[NH3+])O[Si](C)(CCC[NH3+])O1. The summed E-state index contributed by atoms with van der Waals surface area (Å²) in [6, 6.07) is 3.83. The molecule has 0 spiro atoms. The number of hydrogen-bond donors (Lipinski definition) is 4. The van der Waals surface area contributed by atoms with E-state index >= 15 is 0 Å². The molecule has 0 atom stereocenters. The van der Waals surface area contributed by atoms with Gasteiger partial charge in [-0.2, -0.15) is 0 Å². The van der Waals surface area contributed by atoms with Gasteiger partial charge in [0.2, 0.25) is 0 Å². The monoisotopic (exact) mass is 472 g/mol. The molecule has 0 aliphatic carbocycles. The van der Waals surface area contributed by atoms with Crippen LogP contribution >= 0.6 is 0 Å². The van der Waals surface area contributed by atoms with E-state index in [4.69, 9.17) is 16.5 Å². The van der Waals surface area contributed by atoms with Gasteiger partial charge in [0.1, 0.15) is 0 Å². The van der Waals surface area contributed by atoms with Gasteiger partial charge in [-0.3, -0.25) is 0 Å². The maximum Gasteiger partial charge on any atom is 0.317 e. The Morgan fingerprint density at radius 3 is 0.750 bits per heavy atom. The Morgan fingerprint density at radius 1 is 0.429 bits per heavy atom. The van der Waals surface area contributed by atoms with Gasteiger partial charge in [0, 0.05) is 0 Å². The lowest BCUT2D eigenvalue weighted by atomic mass is 10.5. The van der Waals surface area contributed by atoms with Crippen LogP contribution in [0.5, 0.6) is 0 Å². The van der Waals surface area contributed by atoms with Gasteiger partial charge in [-0.25, -0.2) is 0 Å². The van der Waals surface area contributed by atoms with Crippen molar-refractivity contribution in [1.82, 2.24) is 0 Å². The van der Waals surface area contributed by atoms with Crippen molar-refractivity contribution in [1.29, 1.82) is 0 Å². The van der Waals surface area contributed by atoms with Crippen LogP contribution in [0.25, 0.3) is 0 Å². The summed E-state index contributed by atoms with van der Waals surface area (Å²) in [5.41, 5.74) is 16.1. The topological polar surface area (TPSA) is 147 Å². The summed E-state index contributed by atoms with van der Waals surface area (Å²) in [5.74, 6) is 0. The van der Waals surface area contributed by atoms with Gasteiger partial charge < -0.3 is 39.4 Å². The third kappa shape index (κ3) is 8.73. The highest BCUT2D eigenvalue weighted by Gasteiger charge is 2.56. The van der Waals surface area contributed by atoms with Gasteiger partial charge in [-0.1, -0.05) is 0 Å². The molecular formula is C16H48N4O4Si4+4. The molecule has 28 heavy (non-hydrogen) atoms. The highest BCUT2D eigenvalue weighted by Crippen LogP contribution is 2.38. The smallest absolute Gasteiger partial charge is 0.317 e. The van der Waals surface area contributed by atoms with Crippen molar-refractivity contribution >= 4 is 34.2 Å². The minimum atomic E-state index is -2.40. The van der Waals surface area contributed by atoms with Crippen LogP contribution < -0.4 is 22.9 Å². The van der Waals surface area contributed by atoms with Gasteiger partial charge in [-0.15, -0.1) is 0 Å². The molecule has 0 aromatic carbocycles. The minimum absolute atomic E-state index is 0.904. The van der Waals surface area contributed by atoms with E-state index < -0.39 is 34.2 Å². The lowest BCUT2D eigenvalue weighted by molar-refractivity contribution is -0.368. The van der Waals surface area contributed by atoms with Crippen LogP contribution in [0.15, 0.2) is 0 Å². The van der Waals surface area contributed by atoms with E-state index in [1.165, 1.54) is 0 Å². The third-order valence-corrected chi connectivity index (χ3v) is 24.1. The standard InChI is InChI=1S/C16H44N4O4Si4/c1-25(13-5-9-17)21-26(2,14-6-10-18)23-28(4,16-8-12-20)24-27(3,22-25)15-7-11-19/h5-20H2,1-4H3/p+4. The van der Waals surface area contributed by atoms with E-state index in [1.807, 2.05) is 0 Å². The maximum atomic E-state index is 6.96. The van der Waals surface area contributed by atoms with Crippen molar-refractivity contribution in [2.24, 2.45) is 0 Å². The fourth-order valence-corrected chi connectivity index (χ4v) is 27.7. The first-order valence-electron chi connectivity index (χ1n) is 11.0. The van der Waals surface area contributed by atoms with Crippen LogP contribution in [0.4, 0.5) is 0 Å². The molecule has 0 radical (unpaired) electrons. The van der Waals surface area contributed by atoms with Crippen LogP contribution in [0, 0.1) is 0 Å². The molecule has 0 saturated carbocycles. The number of rotatable bonds is 12. The molecule has 168 valence electrons. The maximum absolute atomic E-state index is 6.96.